The third-order valence-corrected chi connectivity index (χ3v) is 4.38. The summed E-state index contributed by atoms with van der Waals surface area (Å²) in [7, 11) is 0. The van der Waals surface area contributed by atoms with E-state index in [0.717, 1.165) is 57.5 Å². The van der Waals surface area contributed by atoms with E-state index in [1.807, 2.05) is 0 Å². The van der Waals surface area contributed by atoms with Crippen LogP contribution >= 0.6 is 0 Å². The van der Waals surface area contributed by atoms with Gasteiger partial charge < -0.3 is 15.4 Å². The van der Waals surface area contributed by atoms with Crippen molar-refractivity contribution in [2.45, 2.75) is 18.9 Å². The van der Waals surface area contributed by atoms with E-state index < -0.39 is 0 Å². The zero-order chi connectivity index (χ0) is 12.4. The minimum atomic E-state index is 0.151. The summed E-state index contributed by atoms with van der Waals surface area (Å²) in [5.41, 5.74) is 0. The van der Waals surface area contributed by atoms with Crippen molar-refractivity contribution in [1.29, 1.82) is 0 Å². The molecule has 3 atom stereocenters. The van der Waals surface area contributed by atoms with E-state index >= 15 is 0 Å². The van der Waals surface area contributed by atoms with Gasteiger partial charge in [0.1, 0.15) is 0 Å². The fourth-order valence-corrected chi connectivity index (χ4v) is 3.37. The number of likely N-dealkylation sites (tertiary alicyclic amines) is 1. The van der Waals surface area contributed by atoms with E-state index in [4.69, 9.17) is 4.74 Å². The van der Waals surface area contributed by atoms with Gasteiger partial charge in [-0.25, -0.2) is 0 Å². The van der Waals surface area contributed by atoms with E-state index in [-0.39, 0.29) is 12.0 Å². The van der Waals surface area contributed by atoms with Crippen molar-refractivity contribution >= 4 is 5.91 Å². The molecule has 0 radical (unpaired) electrons. The molecule has 102 valence electrons. The highest BCUT2D eigenvalue weighted by Crippen LogP contribution is 2.25. The highest BCUT2D eigenvalue weighted by atomic mass is 16.5. The number of nitrogens with zero attached hydrogens (tertiary/aromatic N) is 1. The van der Waals surface area contributed by atoms with Crippen molar-refractivity contribution in [1.82, 2.24) is 15.5 Å². The fraction of sp³-hybridized carbons (Fsp3) is 0.923. The summed E-state index contributed by atoms with van der Waals surface area (Å²) in [6, 6.07) is 0. The molecule has 5 heteroatoms. The van der Waals surface area contributed by atoms with Crippen LogP contribution in [0.2, 0.25) is 0 Å². The Morgan fingerprint density at radius 1 is 1.33 bits per heavy atom. The number of nitrogens with one attached hydrogen (secondary N) is 2. The Labute approximate surface area is 108 Å². The molecule has 0 aromatic carbocycles. The number of ether oxygens (including phenoxy) is 1. The van der Waals surface area contributed by atoms with Crippen molar-refractivity contribution in [2.24, 2.45) is 11.8 Å². The summed E-state index contributed by atoms with van der Waals surface area (Å²) in [5.74, 6) is 1.67. The van der Waals surface area contributed by atoms with E-state index in [0.29, 0.717) is 13.1 Å². The molecular formula is C13H23N3O2. The van der Waals surface area contributed by atoms with E-state index in [1.165, 1.54) is 0 Å². The van der Waals surface area contributed by atoms with Gasteiger partial charge in [0.15, 0.2) is 0 Å². The lowest BCUT2D eigenvalue weighted by atomic mass is 10.0. The summed E-state index contributed by atoms with van der Waals surface area (Å²) >= 11 is 0. The van der Waals surface area contributed by atoms with Crippen molar-refractivity contribution in [3.63, 3.8) is 0 Å². The lowest BCUT2D eigenvalue weighted by Crippen LogP contribution is -2.40. The quantitative estimate of drug-likeness (QED) is 0.705. The minimum Gasteiger partial charge on any atom is -0.376 e. The number of hydrogen-bond donors (Lipinski definition) is 2. The zero-order valence-corrected chi connectivity index (χ0v) is 10.9. The van der Waals surface area contributed by atoms with Crippen LogP contribution in [0.5, 0.6) is 0 Å². The molecular weight excluding hydrogens is 230 g/mol. The van der Waals surface area contributed by atoms with Gasteiger partial charge in [0.25, 0.3) is 0 Å². The van der Waals surface area contributed by atoms with Crippen LogP contribution in [-0.2, 0) is 9.53 Å². The number of fused-ring (bicyclic) bond motifs is 1. The zero-order valence-electron chi connectivity index (χ0n) is 10.9. The normalized spacial score (nSPS) is 35.9. The molecule has 0 bridgehead atoms. The highest BCUT2D eigenvalue weighted by Gasteiger charge is 2.36. The summed E-state index contributed by atoms with van der Waals surface area (Å²) < 4.78 is 5.50. The molecule has 0 aromatic rings. The Kier molecular flexibility index (Phi) is 3.82. The molecule has 3 fully saturated rings. The van der Waals surface area contributed by atoms with Crippen LogP contribution in [-0.4, -0.2) is 62.8 Å². The van der Waals surface area contributed by atoms with Gasteiger partial charge in [0.2, 0.25) is 5.91 Å². The van der Waals surface area contributed by atoms with Crippen molar-refractivity contribution in [3.8, 4) is 0 Å². The van der Waals surface area contributed by atoms with E-state index in [1.54, 1.807) is 0 Å². The van der Waals surface area contributed by atoms with Gasteiger partial charge in [-0.3, -0.25) is 9.69 Å². The summed E-state index contributed by atoms with van der Waals surface area (Å²) in [4.78, 5) is 14.1. The van der Waals surface area contributed by atoms with Gasteiger partial charge >= 0.3 is 0 Å². The Hall–Kier alpha value is -0.650. The number of carbonyl (C=O) groups excluding carboxylic acids is 1. The van der Waals surface area contributed by atoms with Crippen LogP contribution in [0.15, 0.2) is 0 Å². The Balaban J connectivity index is 1.36. The lowest BCUT2D eigenvalue weighted by molar-refractivity contribution is -0.122. The summed E-state index contributed by atoms with van der Waals surface area (Å²) in [5, 5.41) is 6.41. The van der Waals surface area contributed by atoms with E-state index in [9.17, 15) is 4.79 Å². The smallest absolute Gasteiger partial charge is 0.234 e. The average molecular weight is 253 g/mol. The Morgan fingerprint density at radius 3 is 2.78 bits per heavy atom. The van der Waals surface area contributed by atoms with Crippen molar-refractivity contribution in [3.05, 3.63) is 0 Å². The molecule has 2 N–H and O–H groups in total. The second-order valence-corrected chi connectivity index (χ2v) is 5.81. The van der Waals surface area contributed by atoms with Gasteiger partial charge in [-0.1, -0.05) is 0 Å². The van der Waals surface area contributed by atoms with Crippen LogP contribution in [0.3, 0.4) is 0 Å². The highest BCUT2D eigenvalue weighted by molar-refractivity contribution is 5.78. The van der Waals surface area contributed by atoms with Crippen LogP contribution in [0.25, 0.3) is 0 Å². The average Bonchev–Trinajstić information content (AvgIpc) is 3.01. The maximum atomic E-state index is 11.9. The SMILES string of the molecule is O=C(CN1C[C@H]2CNC[C@H]2C1)NCC1CCCO1. The second kappa shape index (κ2) is 5.55. The third-order valence-electron chi connectivity index (χ3n) is 4.38. The molecule has 18 heavy (non-hydrogen) atoms. The molecule has 1 amide bonds. The first kappa shape index (κ1) is 12.4. The molecule has 0 aromatic heterocycles. The molecule has 3 rings (SSSR count). The van der Waals surface area contributed by atoms with Gasteiger partial charge in [-0.15, -0.1) is 0 Å². The van der Waals surface area contributed by atoms with Gasteiger partial charge in [-0.2, -0.15) is 0 Å². The van der Waals surface area contributed by atoms with Crippen LogP contribution in [0, 0.1) is 11.8 Å². The molecule has 3 aliphatic rings. The third kappa shape index (κ3) is 2.84. The first-order chi connectivity index (χ1) is 8.81. The summed E-state index contributed by atoms with van der Waals surface area (Å²) in [6.07, 6.45) is 2.46. The topological polar surface area (TPSA) is 53.6 Å². The lowest BCUT2D eigenvalue weighted by Gasteiger charge is -2.17. The van der Waals surface area contributed by atoms with Crippen LogP contribution in [0.4, 0.5) is 0 Å². The maximum Gasteiger partial charge on any atom is 0.234 e. The number of rotatable bonds is 4. The first-order valence-corrected chi connectivity index (χ1v) is 7.12. The number of hydrogen-bond acceptors (Lipinski definition) is 4. The first-order valence-electron chi connectivity index (χ1n) is 7.12. The Bertz CT molecular complexity index is 293. The van der Waals surface area contributed by atoms with Gasteiger partial charge in [0, 0.05) is 26.2 Å². The number of amides is 1. The van der Waals surface area contributed by atoms with E-state index in [2.05, 4.69) is 15.5 Å². The molecule has 1 unspecified atom stereocenters. The largest absolute Gasteiger partial charge is 0.376 e. The predicted octanol–water partition coefficient (Wildman–Crippen LogP) is -0.567. The fourth-order valence-electron chi connectivity index (χ4n) is 3.37. The molecule has 3 aliphatic heterocycles. The minimum absolute atomic E-state index is 0.151. The Morgan fingerprint density at radius 2 is 2.11 bits per heavy atom. The van der Waals surface area contributed by atoms with Crippen LogP contribution in [0.1, 0.15) is 12.8 Å². The molecule has 3 saturated heterocycles. The molecule has 0 spiro atoms. The number of carbonyl (C=O) groups is 1. The monoisotopic (exact) mass is 253 g/mol. The standard InChI is InChI=1S/C13H23N3O2/c17-13(15-6-12-2-1-3-18-12)9-16-7-10-4-14-5-11(10)8-16/h10-12,14H,1-9H2,(H,15,17)/t10-,11+,12?. The maximum absolute atomic E-state index is 11.9. The molecule has 0 saturated carbocycles. The van der Waals surface area contributed by atoms with Crippen LogP contribution < -0.4 is 10.6 Å². The molecule has 3 heterocycles. The van der Waals surface area contributed by atoms with Crippen molar-refractivity contribution in [2.75, 3.05) is 45.9 Å². The predicted molar refractivity (Wildman–Crippen MR) is 68.3 cm³/mol. The molecule has 0 aliphatic carbocycles. The summed E-state index contributed by atoms with van der Waals surface area (Å²) in [6.45, 7) is 6.48. The van der Waals surface area contributed by atoms with Crippen molar-refractivity contribution < 1.29 is 9.53 Å². The van der Waals surface area contributed by atoms with Gasteiger partial charge in [-0.05, 0) is 37.8 Å². The second-order valence-electron chi connectivity index (χ2n) is 5.81. The van der Waals surface area contributed by atoms with Gasteiger partial charge in [0.05, 0.1) is 12.6 Å². The molecule has 5 nitrogen and oxygen atoms in total.